The smallest absolute Gasteiger partial charge is 0.232 e. The van der Waals surface area contributed by atoms with Crippen LogP contribution in [0.2, 0.25) is 0 Å². The zero-order valence-corrected chi connectivity index (χ0v) is 9.44. The molecule has 2 heterocycles. The fourth-order valence-corrected chi connectivity index (χ4v) is 1.66. The molecule has 2 aromatic rings. The number of nitrogens with zero attached hydrogens (tertiary/aromatic N) is 3. The molecule has 0 bridgehead atoms. The number of hydrogen-bond acceptors (Lipinski definition) is 5. The van der Waals surface area contributed by atoms with Crippen LogP contribution in [-0.4, -0.2) is 20.5 Å². The summed E-state index contributed by atoms with van der Waals surface area (Å²) in [5.74, 6) is -0.324. The molecular weight excluding hydrogens is 224 g/mol. The van der Waals surface area contributed by atoms with Gasteiger partial charge in [-0.15, -0.1) is 5.10 Å². The molecule has 0 saturated heterocycles. The van der Waals surface area contributed by atoms with Gasteiger partial charge in [0.05, 0.1) is 12.1 Å². The average molecular weight is 234 g/mol. The molecule has 2 aromatic heterocycles. The van der Waals surface area contributed by atoms with Crippen LogP contribution < -0.4 is 5.32 Å². The molecule has 16 heavy (non-hydrogen) atoms. The number of carbonyl (C=O) groups excluding carboxylic acids is 1. The Morgan fingerprint density at radius 1 is 1.50 bits per heavy atom. The maximum absolute atomic E-state index is 11.8. The summed E-state index contributed by atoms with van der Waals surface area (Å²) in [6.45, 7) is 1.83. The van der Waals surface area contributed by atoms with Crippen LogP contribution in [-0.2, 0) is 4.79 Å². The predicted octanol–water partition coefficient (Wildman–Crippen LogP) is 1.68. The predicted molar refractivity (Wildman–Crippen MR) is 61.2 cm³/mol. The molecule has 6 heteroatoms. The van der Waals surface area contributed by atoms with Crippen LogP contribution >= 0.6 is 11.5 Å². The van der Waals surface area contributed by atoms with Crippen molar-refractivity contribution in [3.8, 4) is 0 Å². The Kier molecular flexibility index (Phi) is 3.21. The van der Waals surface area contributed by atoms with Gasteiger partial charge in [-0.1, -0.05) is 10.6 Å². The summed E-state index contributed by atoms with van der Waals surface area (Å²) in [5, 5.41) is 7.05. The standard InChI is InChI=1S/C10H10N4OS/c1-7(8-3-2-4-11-5-8)10(15)13-9-6-12-14-16-9/h2-7H,1H3,(H,13,15)/t7-/m1/s1. The monoisotopic (exact) mass is 234 g/mol. The Morgan fingerprint density at radius 2 is 2.38 bits per heavy atom. The lowest BCUT2D eigenvalue weighted by molar-refractivity contribution is -0.117. The summed E-state index contributed by atoms with van der Waals surface area (Å²) < 4.78 is 3.67. The van der Waals surface area contributed by atoms with Gasteiger partial charge in [-0.2, -0.15) is 0 Å². The van der Waals surface area contributed by atoms with Gasteiger partial charge in [0.2, 0.25) is 5.91 Å². The molecule has 1 amide bonds. The Labute approximate surface area is 96.7 Å². The van der Waals surface area contributed by atoms with Gasteiger partial charge in [0.15, 0.2) is 0 Å². The van der Waals surface area contributed by atoms with Crippen molar-refractivity contribution in [1.82, 2.24) is 14.6 Å². The van der Waals surface area contributed by atoms with Crippen LogP contribution in [0.4, 0.5) is 5.00 Å². The van der Waals surface area contributed by atoms with Crippen LogP contribution in [0.1, 0.15) is 18.4 Å². The Balaban J connectivity index is 2.05. The number of rotatable bonds is 3. The van der Waals surface area contributed by atoms with Crippen molar-refractivity contribution in [2.45, 2.75) is 12.8 Å². The lowest BCUT2D eigenvalue weighted by atomic mass is 10.0. The second-order valence-electron chi connectivity index (χ2n) is 3.28. The van der Waals surface area contributed by atoms with Crippen LogP contribution in [0.3, 0.4) is 0 Å². The highest BCUT2D eigenvalue weighted by atomic mass is 32.1. The van der Waals surface area contributed by atoms with E-state index in [1.54, 1.807) is 12.4 Å². The zero-order chi connectivity index (χ0) is 11.4. The first-order valence-electron chi connectivity index (χ1n) is 4.75. The fourth-order valence-electron chi connectivity index (χ4n) is 1.24. The third-order valence-electron chi connectivity index (χ3n) is 2.19. The molecule has 0 aliphatic rings. The number of amides is 1. The number of aromatic nitrogens is 3. The Hall–Kier alpha value is -1.82. The van der Waals surface area contributed by atoms with Crippen LogP contribution in [0.5, 0.6) is 0 Å². The van der Waals surface area contributed by atoms with Gasteiger partial charge < -0.3 is 5.32 Å². The quantitative estimate of drug-likeness (QED) is 0.877. The molecular formula is C10H10N4OS. The van der Waals surface area contributed by atoms with E-state index in [2.05, 4.69) is 19.9 Å². The SMILES string of the molecule is C[C@@H](C(=O)Nc1cnns1)c1cccnc1. The molecule has 1 atom stereocenters. The number of nitrogens with one attached hydrogen (secondary N) is 1. The van der Waals surface area contributed by atoms with E-state index in [4.69, 9.17) is 0 Å². The largest absolute Gasteiger partial charge is 0.315 e. The Morgan fingerprint density at radius 3 is 3.00 bits per heavy atom. The second-order valence-corrected chi connectivity index (χ2v) is 4.06. The topological polar surface area (TPSA) is 67.8 Å². The summed E-state index contributed by atoms with van der Waals surface area (Å²) in [7, 11) is 0. The van der Waals surface area contributed by atoms with Crippen molar-refractivity contribution in [2.24, 2.45) is 0 Å². The second kappa shape index (κ2) is 4.80. The Bertz CT molecular complexity index is 457. The van der Waals surface area contributed by atoms with Crippen molar-refractivity contribution in [1.29, 1.82) is 0 Å². The maximum atomic E-state index is 11.8. The van der Waals surface area contributed by atoms with Gasteiger partial charge in [0.1, 0.15) is 5.00 Å². The molecule has 0 saturated carbocycles. The maximum Gasteiger partial charge on any atom is 0.232 e. The molecule has 0 aliphatic carbocycles. The van der Waals surface area contributed by atoms with Gasteiger partial charge in [-0.25, -0.2) is 0 Å². The first-order valence-corrected chi connectivity index (χ1v) is 5.53. The van der Waals surface area contributed by atoms with E-state index in [1.165, 1.54) is 6.20 Å². The molecule has 0 radical (unpaired) electrons. The highest BCUT2D eigenvalue weighted by Gasteiger charge is 2.15. The molecule has 0 unspecified atom stereocenters. The third-order valence-corrected chi connectivity index (χ3v) is 2.77. The van der Waals surface area contributed by atoms with Crippen molar-refractivity contribution in [2.75, 3.05) is 5.32 Å². The van der Waals surface area contributed by atoms with E-state index >= 15 is 0 Å². The summed E-state index contributed by atoms with van der Waals surface area (Å²) in [6, 6.07) is 3.69. The minimum absolute atomic E-state index is 0.0842. The fraction of sp³-hybridized carbons (Fsp3) is 0.200. The molecule has 1 N–H and O–H groups in total. The summed E-state index contributed by atoms with van der Waals surface area (Å²) in [5.41, 5.74) is 0.887. The number of pyridine rings is 1. The highest BCUT2D eigenvalue weighted by molar-refractivity contribution is 7.10. The molecule has 0 fully saturated rings. The summed E-state index contributed by atoms with van der Waals surface area (Å²) in [6.07, 6.45) is 4.90. The van der Waals surface area contributed by atoms with Gasteiger partial charge in [-0.05, 0) is 18.6 Å². The normalized spacial score (nSPS) is 12.1. The lowest BCUT2D eigenvalue weighted by Crippen LogP contribution is -2.18. The number of anilines is 1. The summed E-state index contributed by atoms with van der Waals surface area (Å²) >= 11 is 1.16. The van der Waals surface area contributed by atoms with Gasteiger partial charge in [-0.3, -0.25) is 9.78 Å². The van der Waals surface area contributed by atoms with Crippen molar-refractivity contribution < 1.29 is 4.79 Å². The zero-order valence-electron chi connectivity index (χ0n) is 8.62. The highest BCUT2D eigenvalue weighted by Crippen LogP contribution is 2.17. The molecule has 0 spiro atoms. The van der Waals surface area contributed by atoms with Gasteiger partial charge >= 0.3 is 0 Å². The first-order chi connectivity index (χ1) is 7.77. The van der Waals surface area contributed by atoms with Crippen LogP contribution in [0, 0.1) is 0 Å². The summed E-state index contributed by atoms with van der Waals surface area (Å²) in [4.78, 5) is 15.8. The minimum Gasteiger partial charge on any atom is -0.315 e. The van der Waals surface area contributed by atoms with Gasteiger partial charge in [0.25, 0.3) is 0 Å². The molecule has 2 rings (SSSR count). The van der Waals surface area contributed by atoms with E-state index in [-0.39, 0.29) is 11.8 Å². The van der Waals surface area contributed by atoms with E-state index < -0.39 is 0 Å². The van der Waals surface area contributed by atoms with Crippen LogP contribution in [0.15, 0.2) is 30.7 Å². The minimum atomic E-state index is -0.240. The van der Waals surface area contributed by atoms with E-state index in [0.717, 1.165) is 17.1 Å². The van der Waals surface area contributed by atoms with Crippen molar-refractivity contribution in [3.05, 3.63) is 36.3 Å². The number of carbonyl (C=O) groups is 1. The van der Waals surface area contributed by atoms with Crippen molar-refractivity contribution in [3.63, 3.8) is 0 Å². The van der Waals surface area contributed by atoms with Crippen molar-refractivity contribution >= 4 is 22.4 Å². The number of hydrogen-bond donors (Lipinski definition) is 1. The third kappa shape index (κ3) is 2.40. The van der Waals surface area contributed by atoms with E-state index in [9.17, 15) is 4.79 Å². The molecule has 82 valence electrons. The first kappa shape index (κ1) is 10.7. The van der Waals surface area contributed by atoms with E-state index in [0.29, 0.717) is 5.00 Å². The molecule has 5 nitrogen and oxygen atoms in total. The average Bonchev–Trinajstić information content (AvgIpc) is 2.82. The van der Waals surface area contributed by atoms with E-state index in [1.807, 2.05) is 19.1 Å². The molecule has 0 aliphatic heterocycles. The lowest BCUT2D eigenvalue weighted by Gasteiger charge is -2.09. The van der Waals surface area contributed by atoms with Crippen LogP contribution in [0.25, 0.3) is 0 Å². The molecule has 0 aromatic carbocycles. The van der Waals surface area contributed by atoms with Gasteiger partial charge in [0, 0.05) is 23.9 Å².